The van der Waals surface area contributed by atoms with Crippen molar-refractivity contribution in [3.05, 3.63) is 84.4 Å². The first-order chi connectivity index (χ1) is 12.6. The first kappa shape index (κ1) is 18.2. The summed E-state index contributed by atoms with van der Waals surface area (Å²) in [6.45, 7) is 0. The fourth-order valence-corrected chi connectivity index (χ4v) is 5.76. The second-order valence-corrected chi connectivity index (χ2v) is 8.62. The smallest absolute Gasteiger partial charge is 0.174 e. The van der Waals surface area contributed by atoms with Gasteiger partial charge in [-0.15, -0.1) is 0 Å². The van der Waals surface area contributed by atoms with Gasteiger partial charge in [0.05, 0.1) is 19.8 Å². The molecule has 0 radical (unpaired) electrons. The minimum atomic E-state index is -3.42. The summed E-state index contributed by atoms with van der Waals surface area (Å²) in [6.07, 6.45) is 0. The number of hydrogen-bond acceptors (Lipinski definition) is 4. The summed E-state index contributed by atoms with van der Waals surface area (Å²) in [7, 11) is -0.392. The van der Waals surface area contributed by atoms with Crippen molar-refractivity contribution in [2.45, 2.75) is 5.85 Å². The number of aliphatic hydroxyl groups excluding tert-OH is 1. The largest absolute Gasteiger partial charge is 0.496 e. The predicted molar refractivity (Wildman–Crippen MR) is 104 cm³/mol. The maximum Gasteiger partial charge on any atom is 0.174 e. The third-order valence-corrected chi connectivity index (χ3v) is 7.43. The molecule has 0 bridgehead atoms. The second-order valence-electron chi connectivity index (χ2n) is 5.78. The first-order valence-corrected chi connectivity index (χ1v) is 10.0. The molecule has 0 aliphatic heterocycles. The van der Waals surface area contributed by atoms with E-state index in [-0.39, 0.29) is 0 Å². The molecular weight excluding hydrogens is 347 g/mol. The van der Waals surface area contributed by atoms with Crippen LogP contribution >= 0.6 is 7.14 Å². The van der Waals surface area contributed by atoms with Crippen LogP contribution in [0.1, 0.15) is 11.4 Å². The van der Waals surface area contributed by atoms with Crippen molar-refractivity contribution in [3.63, 3.8) is 0 Å². The molecule has 5 heteroatoms. The Morgan fingerprint density at radius 1 is 0.731 bits per heavy atom. The van der Waals surface area contributed by atoms with Gasteiger partial charge in [-0.2, -0.15) is 0 Å². The van der Waals surface area contributed by atoms with Gasteiger partial charge in [0.25, 0.3) is 0 Å². The van der Waals surface area contributed by atoms with E-state index in [2.05, 4.69) is 0 Å². The maximum atomic E-state index is 14.3. The molecule has 0 fully saturated rings. The zero-order valence-corrected chi connectivity index (χ0v) is 15.6. The molecule has 26 heavy (non-hydrogen) atoms. The molecule has 0 amide bonds. The first-order valence-electron chi connectivity index (χ1n) is 8.22. The molecule has 4 nitrogen and oxygen atoms in total. The number of methoxy groups -OCH3 is 2. The van der Waals surface area contributed by atoms with E-state index in [4.69, 9.17) is 9.47 Å². The number of aliphatic hydroxyl groups is 1. The standard InChI is InChI=1S/C21H21O4P/c1-24-18-14-9-15-19(25-2)20(18)21(22)26(23,16-10-5-3-6-11-16)17-12-7-4-8-13-17/h3-15,21-22H,1-2H3. The van der Waals surface area contributed by atoms with Crippen molar-refractivity contribution in [3.8, 4) is 11.5 Å². The molecular formula is C21H21O4P. The summed E-state index contributed by atoms with van der Waals surface area (Å²) < 4.78 is 25.1. The zero-order valence-electron chi connectivity index (χ0n) is 14.7. The molecule has 134 valence electrons. The Morgan fingerprint density at radius 2 is 1.15 bits per heavy atom. The third kappa shape index (κ3) is 3.14. The fourth-order valence-electron chi connectivity index (χ4n) is 3.05. The van der Waals surface area contributed by atoms with Gasteiger partial charge in [-0.25, -0.2) is 0 Å². The van der Waals surface area contributed by atoms with Crippen LogP contribution < -0.4 is 20.1 Å². The minimum Gasteiger partial charge on any atom is -0.496 e. The maximum absolute atomic E-state index is 14.3. The molecule has 0 heterocycles. The third-order valence-electron chi connectivity index (χ3n) is 4.35. The Bertz CT molecular complexity index is 844. The van der Waals surface area contributed by atoms with E-state index < -0.39 is 13.0 Å². The van der Waals surface area contributed by atoms with E-state index in [9.17, 15) is 9.67 Å². The molecule has 1 unspecified atom stereocenters. The van der Waals surface area contributed by atoms with E-state index >= 15 is 0 Å². The summed E-state index contributed by atoms with van der Waals surface area (Å²) in [5.41, 5.74) is 0.383. The van der Waals surface area contributed by atoms with Crippen molar-refractivity contribution in [1.29, 1.82) is 0 Å². The Labute approximate surface area is 153 Å². The summed E-state index contributed by atoms with van der Waals surface area (Å²) >= 11 is 0. The highest BCUT2D eigenvalue weighted by Gasteiger charge is 2.39. The highest BCUT2D eigenvalue weighted by molar-refractivity contribution is 7.78. The molecule has 0 aliphatic rings. The van der Waals surface area contributed by atoms with Gasteiger partial charge in [0.2, 0.25) is 0 Å². The summed E-state index contributed by atoms with van der Waals surface area (Å²) in [5.74, 6) is -0.439. The molecule has 0 aliphatic carbocycles. The average molecular weight is 368 g/mol. The van der Waals surface area contributed by atoms with Crippen LogP contribution in [-0.2, 0) is 4.57 Å². The Hall–Kier alpha value is -2.55. The normalized spacial score (nSPS) is 12.4. The van der Waals surface area contributed by atoms with E-state index in [1.54, 1.807) is 42.5 Å². The zero-order chi connectivity index (χ0) is 18.6. The highest BCUT2D eigenvalue weighted by atomic mass is 31.2. The van der Waals surface area contributed by atoms with Gasteiger partial charge in [0.15, 0.2) is 7.14 Å². The highest BCUT2D eigenvalue weighted by Crippen LogP contribution is 2.58. The van der Waals surface area contributed by atoms with Gasteiger partial charge in [-0.05, 0) is 12.1 Å². The van der Waals surface area contributed by atoms with Crippen molar-refractivity contribution >= 4 is 17.8 Å². The lowest BCUT2D eigenvalue weighted by atomic mass is 10.2. The van der Waals surface area contributed by atoms with Crippen LogP contribution in [0.2, 0.25) is 0 Å². The molecule has 0 aromatic heterocycles. The predicted octanol–water partition coefficient (Wildman–Crippen LogP) is 3.71. The lowest BCUT2D eigenvalue weighted by Crippen LogP contribution is -2.22. The fraction of sp³-hybridized carbons (Fsp3) is 0.143. The van der Waals surface area contributed by atoms with Crippen LogP contribution in [0.5, 0.6) is 11.5 Å². The Morgan fingerprint density at radius 3 is 1.54 bits per heavy atom. The summed E-state index contributed by atoms with van der Waals surface area (Å²) in [5, 5.41) is 12.5. The molecule has 3 rings (SSSR count). The van der Waals surface area contributed by atoms with Gasteiger partial charge in [0, 0.05) is 10.6 Å². The van der Waals surface area contributed by atoms with Gasteiger partial charge >= 0.3 is 0 Å². The van der Waals surface area contributed by atoms with Crippen LogP contribution in [0, 0.1) is 0 Å². The molecule has 0 saturated carbocycles. The number of rotatable bonds is 6. The van der Waals surface area contributed by atoms with Crippen molar-refractivity contribution in [1.82, 2.24) is 0 Å². The van der Waals surface area contributed by atoms with Gasteiger partial charge in [0.1, 0.15) is 17.3 Å². The van der Waals surface area contributed by atoms with Crippen molar-refractivity contribution < 1.29 is 19.1 Å². The van der Waals surface area contributed by atoms with Crippen molar-refractivity contribution in [2.75, 3.05) is 14.2 Å². The van der Waals surface area contributed by atoms with Crippen LogP contribution in [0.15, 0.2) is 78.9 Å². The van der Waals surface area contributed by atoms with Gasteiger partial charge in [-0.3, -0.25) is 0 Å². The number of ether oxygens (including phenoxy) is 2. The SMILES string of the molecule is COc1cccc(OC)c1C(O)P(=O)(c1ccccc1)c1ccccc1. The number of hydrogen-bond donors (Lipinski definition) is 1. The van der Waals surface area contributed by atoms with E-state index in [0.29, 0.717) is 27.7 Å². The van der Waals surface area contributed by atoms with Gasteiger partial charge in [-0.1, -0.05) is 66.7 Å². The molecule has 0 saturated heterocycles. The lowest BCUT2D eigenvalue weighted by molar-refractivity contribution is 0.243. The molecule has 1 atom stereocenters. The summed E-state index contributed by atoms with van der Waals surface area (Å²) in [6, 6.07) is 23.3. The van der Waals surface area contributed by atoms with Crippen molar-refractivity contribution in [2.24, 2.45) is 0 Å². The average Bonchev–Trinajstić information content (AvgIpc) is 2.73. The van der Waals surface area contributed by atoms with Crippen LogP contribution in [-0.4, -0.2) is 19.3 Å². The van der Waals surface area contributed by atoms with Crippen LogP contribution in [0.4, 0.5) is 0 Å². The second kappa shape index (κ2) is 7.77. The summed E-state index contributed by atoms with van der Waals surface area (Å²) in [4.78, 5) is 0. The van der Waals surface area contributed by atoms with E-state index in [1.165, 1.54) is 14.2 Å². The van der Waals surface area contributed by atoms with Gasteiger partial charge < -0.3 is 19.1 Å². The quantitative estimate of drug-likeness (QED) is 0.674. The van der Waals surface area contributed by atoms with E-state index in [0.717, 1.165) is 0 Å². The molecule has 1 N–H and O–H groups in total. The van der Waals surface area contributed by atoms with Crippen LogP contribution in [0.3, 0.4) is 0 Å². The van der Waals surface area contributed by atoms with E-state index in [1.807, 2.05) is 36.4 Å². The monoisotopic (exact) mass is 368 g/mol. The van der Waals surface area contributed by atoms with Crippen LogP contribution in [0.25, 0.3) is 0 Å². The Balaban J connectivity index is 2.27. The minimum absolute atomic E-state index is 0.383. The molecule has 3 aromatic carbocycles. The molecule has 3 aromatic rings. The Kier molecular flexibility index (Phi) is 5.46. The molecule has 0 spiro atoms. The topological polar surface area (TPSA) is 55.8 Å². The lowest BCUT2D eigenvalue weighted by Gasteiger charge is -2.27. The number of benzene rings is 3.